The molecule has 7 N–H and O–H groups in total. The summed E-state index contributed by atoms with van der Waals surface area (Å²) in [5.41, 5.74) is 6.43. The van der Waals surface area contributed by atoms with Crippen molar-refractivity contribution in [2.75, 3.05) is 12.4 Å². The van der Waals surface area contributed by atoms with Crippen LogP contribution in [0.1, 0.15) is 25.8 Å². The molecule has 11 heteroatoms. The SMILES string of the molecule is CCC(C)C(NC(=O)C(CO)NC(=O)C(Cc1ccccc1)NC(=O)C(N)CS)C(=O)O. The van der Waals surface area contributed by atoms with Crippen molar-refractivity contribution in [2.45, 2.75) is 50.9 Å². The number of carboxylic acids is 1. The summed E-state index contributed by atoms with van der Waals surface area (Å²) >= 11 is 3.98. The number of hydrogen-bond donors (Lipinski definition) is 7. The molecule has 1 aromatic carbocycles. The average Bonchev–Trinajstić information content (AvgIpc) is 2.79. The molecule has 0 aliphatic heterocycles. The molecule has 0 heterocycles. The molecule has 5 unspecified atom stereocenters. The largest absolute Gasteiger partial charge is 0.480 e. The van der Waals surface area contributed by atoms with E-state index in [2.05, 4.69) is 28.6 Å². The molecular weight excluding hydrogens is 436 g/mol. The van der Waals surface area contributed by atoms with Gasteiger partial charge in [0.05, 0.1) is 12.6 Å². The number of carboxylic acid groups (broad SMARTS) is 1. The zero-order valence-electron chi connectivity index (χ0n) is 18.2. The van der Waals surface area contributed by atoms with Crippen LogP contribution < -0.4 is 21.7 Å². The van der Waals surface area contributed by atoms with Crippen molar-refractivity contribution in [2.24, 2.45) is 11.7 Å². The minimum Gasteiger partial charge on any atom is -0.480 e. The van der Waals surface area contributed by atoms with Crippen molar-refractivity contribution in [3.05, 3.63) is 35.9 Å². The molecule has 1 rings (SSSR count). The molecular formula is C21H32N4O6S. The summed E-state index contributed by atoms with van der Waals surface area (Å²) in [5, 5.41) is 26.3. The summed E-state index contributed by atoms with van der Waals surface area (Å²) in [6.07, 6.45) is 0.617. The summed E-state index contributed by atoms with van der Waals surface area (Å²) in [5.74, 6) is -3.67. The van der Waals surface area contributed by atoms with Crippen LogP contribution in [0.15, 0.2) is 30.3 Å². The van der Waals surface area contributed by atoms with Crippen LogP contribution in [0.5, 0.6) is 0 Å². The smallest absolute Gasteiger partial charge is 0.326 e. The number of carbonyl (C=O) groups excluding carboxylic acids is 3. The predicted molar refractivity (Wildman–Crippen MR) is 122 cm³/mol. The molecule has 5 atom stereocenters. The Morgan fingerprint density at radius 1 is 1.00 bits per heavy atom. The van der Waals surface area contributed by atoms with Crippen LogP contribution in [0.4, 0.5) is 0 Å². The highest BCUT2D eigenvalue weighted by Crippen LogP contribution is 2.09. The lowest BCUT2D eigenvalue weighted by atomic mass is 9.99. The molecule has 0 aromatic heterocycles. The fourth-order valence-electron chi connectivity index (χ4n) is 2.82. The maximum atomic E-state index is 12.9. The molecule has 1 aromatic rings. The van der Waals surface area contributed by atoms with Crippen molar-refractivity contribution in [3.63, 3.8) is 0 Å². The molecule has 32 heavy (non-hydrogen) atoms. The van der Waals surface area contributed by atoms with E-state index >= 15 is 0 Å². The number of rotatable bonds is 13. The molecule has 0 bridgehead atoms. The lowest BCUT2D eigenvalue weighted by molar-refractivity contribution is -0.144. The van der Waals surface area contributed by atoms with Gasteiger partial charge >= 0.3 is 5.97 Å². The summed E-state index contributed by atoms with van der Waals surface area (Å²) in [7, 11) is 0. The van der Waals surface area contributed by atoms with E-state index in [1.165, 1.54) is 0 Å². The minimum atomic E-state index is -1.40. The van der Waals surface area contributed by atoms with Crippen LogP contribution in [0, 0.1) is 5.92 Å². The summed E-state index contributed by atoms with van der Waals surface area (Å²) < 4.78 is 0. The number of thiol groups is 1. The van der Waals surface area contributed by atoms with Gasteiger partial charge in [0.25, 0.3) is 0 Å². The maximum absolute atomic E-state index is 12.9. The predicted octanol–water partition coefficient (Wildman–Crippen LogP) is -0.936. The van der Waals surface area contributed by atoms with Crippen molar-refractivity contribution >= 4 is 36.3 Å². The highest BCUT2D eigenvalue weighted by molar-refractivity contribution is 7.80. The van der Waals surface area contributed by atoms with Gasteiger partial charge in [-0.05, 0) is 11.5 Å². The van der Waals surface area contributed by atoms with Crippen LogP contribution in [0.2, 0.25) is 0 Å². The summed E-state index contributed by atoms with van der Waals surface area (Å²) in [6.45, 7) is 2.69. The Hall–Kier alpha value is -2.63. The highest BCUT2D eigenvalue weighted by atomic mass is 32.1. The Labute approximate surface area is 192 Å². The highest BCUT2D eigenvalue weighted by Gasteiger charge is 2.31. The zero-order valence-corrected chi connectivity index (χ0v) is 19.0. The molecule has 0 aliphatic carbocycles. The van der Waals surface area contributed by atoms with Gasteiger partial charge in [-0.25, -0.2) is 4.79 Å². The molecule has 178 valence electrons. The van der Waals surface area contributed by atoms with Crippen molar-refractivity contribution in [1.29, 1.82) is 0 Å². The third-order valence-corrected chi connectivity index (χ3v) is 5.43. The number of amides is 3. The number of aliphatic hydroxyl groups is 1. The van der Waals surface area contributed by atoms with Gasteiger partial charge in [-0.2, -0.15) is 12.6 Å². The van der Waals surface area contributed by atoms with Gasteiger partial charge in [0.2, 0.25) is 17.7 Å². The summed E-state index contributed by atoms with van der Waals surface area (Å²) in [4.78, 5) is 49.1. The van der Waals surface area contributed by atoms with Gasteiger partial charge in [0.15, 0.2) is 0 Å². The van der Waals surface area contributed by atoms with E-state index in [-0.39, 0.29) is 18.1 Å². The number of aliphatic carboxylic acids is 1. The van der Waals surface area contributed by atoms with Crippen molar-refractivity contribution in [1.82, 2.24) is 16.0 Å². The van der Waals surface area contributed by atoms with Gasteiger partial charge in [-0.15, -0.1) is 0 Å². The van der Waals surface area contributed by atoms with Gasteiger partial charge in [-0.3, -0.25) is 14.4 Å². The fourth-order valence-corrected chi connectivity index (χ4v) is 2.99. The number of aliphatic hydroxyl groups excluding tert-OH is 1. The standard InChI is InChI=1S/C21H32N4O6S/c1-3-12(2)17(21(30)31)25-20(29)16(10-26)24-19(28)15(23-18(27)14(22)11-32)9-13-7-5-4-6-8-13/h4-8,12,14-17,26,32H,3,9-11,22H2,1-2H3,(H,23,27)(H,24,28)(H,25,29)(H,30,31). The van der Waals surface area contributed by atoms with E-state index in [4.69, 9.17) is 5.73 Å². The van der Waals surface area contributed by atoms with Crippen LogP contribution in [0.25, 0.3) is 0 Å². The van der Waals surface area contributed by atoms with Gasteiger partial charge in [0, 0.05) is 12.2 Å². The molecule has 0 radical (unpaired) electrons. The molecule has 0 saturated heterocycles. The van der Waals surface area contributed by atoms with Gasteiger partial charge in [0.1, 0.15) is 18.1 Å². The molecule has 10 nitrogen and oxygen atoms in total. The first kappa shape index (κ1) is 27.4. The van der Waals surface area contributed by atoms with E-state index in [9.17, 15) is 29.4 Å². The fraction of sp³-hybridized carbons (Fsp3) is 0.524. The van der Waals surface area contributed by atoms with E-state index in [1.807, 2.05) is 0 Å². The van der Waals surface area contributed by atoms with E-state index in [0.29, 0.717) is 6.42 Å². The van der Waals surface area contributed by atoms with Crippen LogP contribution in [0.3, 0.4) is 0 Å². The average molecular weight is 469 g/mol. The number of nitrogens with one attached hydrogen (secondary N) is 3. The number of benzene rings is 1. The van der Waals surface area contributed by atoms with Gasteiger partial charge < -0.3 is 31.9 Å². The van der Waals surface area contributed by atoms with Gasteiger partial charge in [-0.1, -0.05) is 50.6 Å². The lowest BCUT2D eigenvalue weighted by Crippen LogP contribution is -2.59. The number of hydrogen-bond acceptors (Lipinski definition) is 7. The Morgan fingerprint density at radius 2 is 1.56 bits per heavy atom. The second-order valence-corrected chi connectivity index (χ2v) is 7.86. The topological polar surface area (TPSA) is 171 Å². The minimum absolute atomic E-state index is 0.0688. The second-order valence-electron chi connectivity index (χ2n) is 7.49. The molecule has 0 fully saturated rings. The van der Waals surface area contributed by atoms with E-state index < -0.39 is 54.5 Å². The Kier molecular flexibility index (Phi) is 11.7. The first-order valence-electron chi connectivity index (χ1n) is 10.3. The third-order valence-electron chi connectivity index (χ3n) is 5.04. The molecule has 3 amide bonds. The normalized spacial score (nSPS) is 15.5. The summed E-state index contributed by atoms with van der Waals surface area (Å²) in [6, 6.07) is 4.29. The zero-order chi connectivity index (χ0) is 24.3. The van der Waals surface area contributed by atoms with E-state index in [1.54, 1.807) is 44.2 Å². The Bertz CT molecular complexity index is 779. The molecule has 0 spiro atoms. The van der Waals surface area contributed by atoms with Crippen molar-refractivity contribution < 1.29 is 29.4 Å². The second kappa shape index (κ2) is 13.7. The third kappa shape index (κ3) is 8.48. The molecule has 0 aliphatic rings. The monoisotopic (exact) mass is 468 g/mol. The van der Waals surface area contributed by atoms with Crippen molar-refractivity contribution in [3.8, 4) is 0 Å². The molecule has 0 saturated carbocycles. The Balaban J connectivity index is 2.97. The van der Waals surface area contributed by atoms with Crippen LogP contribution >= 0.6 is 12.6 Å². The van der Waals surface area contributed by atoms with Crippen LogP contribution in [-0.4, -0.2) is 70.4 Å². The number of nitrogens with two attached hydrogens (primary N) is 1. The lowest BCUT2D eigenvalue weighted by Gasteiger charge is -2.25. The first-order valence-corrected chi connectivity index (χ1v) is 10.9. The Morgan fingerprint density at radius 3 is 2.06 bits per heavy atom. The van der Waals surface area contributed by atoms with E-state index in [0.717, 1.165) is 5.56 Å². The quantitative estimate of drug-likeness (QED) is 0.183. The number of carbonyl (C=O) groups is 4. The maximum Gasteiger partial charge on any atom is 0.326 e. The first-order chi connectivity index (χ1) is 15.1. The van der Waals surface area contributed by atoms with Crippen LogP contribution in [-0.2, 0) is 25.6 Å².